The van der Waals surface area contributed by atoms with Crippen molar-refractivity contribution in [3.05, 3.63) is 35.4 Å². The van der Waals surface area contributed by atoms with Crippen molar-refractivity contribution in [2.24, 2.45) is 5.92 Å². The molecule has 88 valence electrons. The molecule has 0 radical (unpaired) electrons. The highest BCUT2D eigenvalue weighted by atomic mass is 79.9. The molecule has 1 rings (SSSR count). The minimum Gasteiger partial charge on any atom is -0.292 e. The van der Waals surface area contributed by atoms with Crippen LogP contribution in [-0.4, -0.2) is 15.7 Å². The predicted molar refractivity (Wildman–Crippen MR) is 75.5 cm³/mol. The van der Waals surface area contributed by atoms with Gasteiger partial charge in [-0.25, -0.2) is 0 Å². The van der Waals surface area contributed by atoms with Gasteiger partial charge in [-0.05, 0) is 18.6 Å². The number of carbonyl (C=O) groups is 1. The second-order valence-electron chi connectivity index (χ2n) is 4.27. The zero-order chi connectivity index (χ0) is 12.1. The van der Waals surface area contributed by atoms with Gasteiger partial charge in [0, 0.05) is 5.56 Å². The van der Waals surface area contributed by atoms with E-state index in [2.05, 4.69) is 29.8 Å². The fraction of sp³-hybridized carbons (Fsp3) is 0.462. The maximum Gasteiger partial charge on any atom is 0.186 e. The summed E-state index contributed by atoms with van der Waals surface area (Å²) < 4.78 is -0.127. The normalized spacial score (nSPS) is 12.8. The van der Waals surface area contributed by atoms with Crippen LogP contribution >= 0.6 is 27.7 Å². The Morgan fingerprint density at radius 1 is 1.31 bits per heavy atom. The molecule has 1 atom stereocenters. The smallest absolute Gasteiger partial charge is 0.186 e. The number of aryl methyl sites for hydroxylation is 1. The van der Waals surface area contributed by atoms with Gasteiger partial charge in [0.25, 0.3) is 0 Å². The van der Waals surface area contributed by atoms with Crippen LogP contribution in [0.4, 0.5) is 0 Å². The second kappa shape index (κ2) is 6.45. The molecule has 3 heteroatoms. The summed E-state index contributed by atoms with van der Waals surface area (Å²) in [6.07, 6.45) is 0. The number of ketones is 1. The van der Waals surface area contributed by atoms with E-state index in [1.54, 1.807) is 11.8 Å². The number of halogens is 1. The van der Waals surface area contributed by atoms with Crippen LogP contribution in [0.2, 0.25) is 0 Å². The molecule has 0 bridgehead atoms. The third kappa shape index (κ3) is 4.30. The molecule has 0 fully saturated rings. The monoisotopic (exact) mass is 300 g/mol. The van der Waals surface area contributed by atoms with Crippen LogP contribution in [0, 0.1) is 12.8 Å². The Hall–Kier alpha value is -0.280. The SMILES string of the molecule is Cc1ccc(C(=O)C(Br)SCC(C)C)cc1. The summed E-state index contributed by atoms with van der Waals surface area (Å²) in [6.45, 7) is 6.33. The molecule has 0 aliphatic carbocycles. The number of hydrogen-bond donors (Lipinski definition) is 0. The van der Waals surface area contributed by atoms with Gasteiger partial charge in [-0.1, -0.05) is 59.6 Å². The van der Waals surface area contributed by atoms with E-state index in [-0.39, 0.29) is 9.94 Å². The van der Waals surface area contributed by atoms with Crippen molar-refractivity contribution in [1.82, 2.24) is 0 Å². The highest BCUT2D eigenvalue weighted by Gasteiger charge is 2.17. The minimum absolute atomic E-state index is 0.127. The lowest BCUT2D eigenvalue weighted by Crippen LogP contribution is -2.12. The Morgan fingerprint density at radius 2 is 1.88 bits per heavy atom. The van der Waals surface area contributed by atoms with Gasteiger partial charge in [-0.15, -0.1) is 11.8 Å². The minimum atomic E-state index is -0.127. The largest absolute Gasteiger partial charge is 0.292 e. The van der Waals surface area contributed by atoms with Crippen molar-refractivity contribution in [3.8, 4) is 0 Å². The van der Waals surface area contributed by atoms with Gasteiger partial charge in [-0.2, -0.15) is 0 Å². The summed E-state index contributed by atoms with van der Waals surface area (Å²) in [6, 6.07) is 7.73. The maximum atomic E-state index is 12.0. The van der Waals surface area contributed by atoms with E-state index >= 15 is 0 Å². The standard InChI is InChI=1S/C13H17BrOS/c1-9(2)8-16-13(14)12(15)11-6-4-10(3)5-7-11/h4-7,9,13H,8H2,1-3H3. The lowest BCUT2D eigenvalue weighted by molar-refractivity contribution is 0.101. The summed E-state index contributed by atoms with van der Waals surface area (Å²) in [5.74, 6) is 1.76. The molecule has 1 aromatic rings. The van der Waals surface area contributed by atoms with Gasteiger partial charge in [0.05, 0.1) is 0 Å². The highest BCUT2D eigenvalue weighted by molar-refractivity contribution is 9.11. The van der Waals surface area contributed by atoms with Crippen molar-refractivity contribution >= 4 is 33.5 Å². The third-order valence-corrected chi connectivity index (χ3v) is 4.69. The number of hydrogen-bond acceptors (Lipinski definition) is 2. The topological polar surface area (TPSA) is 17.1 Å². The molecular formula is C13H17BrOS. The van der Waals surface area contributed by atoms with Gasteiger partial charge in [0.15, 0.2) is 5.78 Å². The molecular weight excluding hydrogens is 284 g/mol. The predicted octanol–water partition coefficient (Wildman–Crippen LogP) is 4.29. The van der Waals surface area contributed by atoms with Gasteiger partial charge in [0.2, 0.25) is 0 Å². The molecule has 0 aliphatic rings. The molecule has 0 heterocycles. The van der Waals surface area contributed by atoms with E-state index in [0.717, 1.165) is 11.3 Å². The molecule has 1 nitrogen and oxygen atoms in total. The van der Waals surface area contributed by atoms with E-state index in [1.807, 2.05) is 31.2 Å². The summed E-state index contributed by atoms with van der Waals surface area (Å²) >= 11 is 5.10. The van der Waals surface area contributed by atoms with Crippen LogP contribution in [0.25, 0.3) is 0 Å². The molecule has 1 unspecified atom stereocenters. The zero-order valence-corrected chi connectivity index (χ0v) is 12.3. The fourth-order valence-electron chi connectivity index (χ4n) is 1.20. The summed E-state index contributed by atoms with van der Waals surface area (Å²) in [5, 5.41) is 0. The molecule has 0 saturated carbocycles. The fourth-order valence-corrected chi connectivity index (χ4v) is 2.76. The molecule has 0 N–H and O–H groups in total. The number of alkyl halides is 1. The van der Waals surface area contributed by atoms with Gasteiger partial charge < -0.3 is 0 Å². The maximum absolute atomic E-state index is 12.0. The lowest BCUT2D eigenvalue weighted by atomic mass is 10.1. The molecule has 16 heavy (non-hydrogen) atoms. The molecule has 1 aromatic carbocycles. The molecule has 0 aliphatic heterocycles. The number of rotatable bonds is 5. The first-order valence-corrected chi connectivity index (χ1v) is 7.33. The highest BCUT2D eigenvalue weighted by Crippen LogP contribution is 2.24. The summed E-state index contributed by atoms with van der Waals surface area (Å²) in [4.78, 5) is 12.0. The number of thioether (sulfide) groups is 1. The van der Waals surface area contributed by atoms with Crippen molar-refractivity contribution in [1.29, 1.82) is 0 Å². The van der Waals surface area contributed by atoms with Crippen LogP contribution in [0.3, 0.4) is 0 Å². The van der Waals surface area contributed by atoms with Crippen LogP contribution < -0.4 is 0 Å². The number of benzene rings is 1. The van der Waals surface area contributed by atoms with Crippen molar-refractivity contribution in [3.63, 3.8) is 0 Å². The van der Waals surface area contributed by atoms with Gasteiger partial charge in [0.1, 0.15) is 4.16 Å². The van der Waals surface area contributed by atoms with E-state index in [9.17, 15) is 4.79 Å². The molecule has 0 amide bonds. The molecule has 0 aromatic heterocycles. The van der Waals surface area contributed by atoms with E-state index in [4.69, 9.17) is 0 Å². The van der Waals surface area contributed by atoms with E-state index < -0.39 is 0 Å². The number of carbonyl (C=O) groups excluding carboxylic acids is 1. The molecule has 0 spiro atoms. The van der Waals surface area contributed by atoms with Crippen molar-refractivity contribution < 1.29 is 4.79 Å². The van der Waals surface area contributed by atoms with E-state index in [1.165, 1.54) is 5.56 Å². The average molecular weight is 301 g/mol. The third-order valence-electron chi connectivity index (χ3n) is 2.12. The van der Waals surface area contributed by atoms with Gasteiger partial charge >= 0.3 is 0 Å². The van der Waals surface area contributed by atoms with Crippen molar-refractivity contribution in [2.45, 2.75) is 24.9 Å². The van der Waals surface area contributed by atoms with Crippen LogP contribution in [-0.2, 0) is 0 Å². The summed E-state index contributed by atoms with van der Waals surface area (Å²) in [5.41, 5.74) is 1.96. The van der Waals surface area contributed by atoms with Crippen LogP contribution in [0.1, 0.15) is 29.8 Å². The average Bonchev–Trinajstić information content (AvgIpc) is 2.26. The lowest BCUT2D eigenvalue weighted by Gasteiger charge is -2.10. The quantitative estimate of drug-likeness (QED) is 0.596. The molecule has 0 saturated heterocycles. The second-order valence-corrected chi connectivity index (χ2v) is 6.93. The van der Waals surface area contributed by atoms with Crippen LogP contribution in [0.5, 0.6) is 0 Å². The first-order chi connectivity index (χ1) is 7.50. The summed E-state index contributed by atoms with van der Waals surface area (Å²) in [7, 11) is 0. The van der Waals surface area contributed by atoms with Gasteiger partial charge in [-0.3, -0.25) is 4.79 Å². The first kappa shape index (κ1) is 13.8. The Bertz CT molecular complexity index is 345. The van der Waals surface area contributed by atoms with E-state index in [0.29, 0.717) is 5.92 Å². The van der Waals surface area contributed by atoms with Crippen molar-refractivity contribution in [2.75, 3.05) is 5.75 Å². The Balaban J connectivity index is 2.60. The van der Waals surface area contributed by atoms with Crippen LogP contribution in [0.15, 0.2) is 24.3 Å². The Kier molecular flexibility index (Phi) is 5.56. The Morgan fingerprint density at radius 3 is 2.38 bits per heavy atom. The first-order valence-electron chi connectivity index (χ1n) is 5.37. The Labute approximate surface area is 110 Å². The zero-order valence-electron chi connectivity index (χ0n) is 9.87. The number of Topliss-reactive ketones (excluding diaryl/α,β-unsaturated/α-hetero) is 1.